The third-order valence-corrected chi connectivity index (χ3v) is 9.46. The zero-order valence-corrected chi connectivity index (χ0v) is 26.3. The van der Waals surface area contributed by atoms with Crippen molar-refractivity contribution >= 4 is 37.9 Å². The molecule has 7 aromatic carbocycles. The van der Waals surface area contributed by atoms with Gasteiger partial charge in [-0.1, -0.05) is 164 Å². The zero-order chi connectivity index (χ0) is 31.9. The molecule has 0 N–H and O–H groups in total. The maximum atomic E-state index is 5.17. The Morgan fingerprint density at radius 1 is 0.438 bits per heavy atom. The fourth-order valence-electron chi connectivity index (χ4n) is 7.11. The lowest BCUT2D eigenvalue weighted by atomic mass is 9.86. The molecule has 0 amide bonds. The first-order chi connectivity index (χ1) is 23.8. The van der Waals surface area contributed by atoms with Crippen molar-refractivity contribution in [3.05, 3.63) is 181 Å². The predicted octanol–water partition coefficient (Wildman–Crippen LogP) is 11.5. The average Bonchev–Trinajstić information content (AvgIpc) is 3.17. The van der Waals surface area contributed by atoms with Crippen LogP contribution in [0.2, 0.25) is 0 Å². The Morgan fingerprint density at radius 2 is 1.04 bits per heavy atom. The van der Waals surface area contributed by atoms with Gasteiger partial charge in [0, 0.05) is 17.0 Å². The Hall–Kier alpha value is -6.19. The minimum absolute atomic E-state index is 0.0257. The summed E-state index contributed by atoms with van der Waals surface area (Å²) >= 11 is 0. The Kier molecular flexibility index (Phi) is 6.94. The van der Waals surface area contributed by atoms with Gasteiger partial charge in [0.05, 0.1) is 0 Å². The quantitative estimate of drug-likeness (QED) is 0.143. The summed E-state index contributed by atoms with van der Waals surface area (Å²) in [5.74, 6) is 2.18. The van der Waals surface area contributed by atoms with Crippen LogP contribution in [0.25, 0.3) is 71.8 Å². The molecule has 48 heavy (non-hydrogen) atoms. The van der Waals surface area contributed by atoms with E-state index in [1.54, 1.807) is 0 Å². The number of aromatic nitrogens is 3. The topological polar surface area (TPSA) is 38.7 Å². The summed E-state index contributed by atoms with van der Waals surface area (Å²) in [4.78, 5) is 15.3. The first kappa shape index (κ1) is 28.1. The van der Waals surface area contributed by atoms with E-state index in [2.05, 4.69) is 152 Å². The second kappa shape index (κ2) is 11.9. The molecule has 0 radical (unpaired) electrons. The molecule has 1 aliphatic rings. The van der Waals surface area contributed by atoms with Crippen LogP contribution >= 0.6 is 0 Å². The van der Waals surface area contributed by atoms with Crippen molar-refractivity contribution in [1.29, 1.82) is 0 Å². The molecule has 3 nitrogen and oxygen atoms in total. The molecule has 1 heterocycles. The number of hydrogen-bond acceptors (Lipinski definition) is 3. The summed E-state index contributed by atoms with van der Waals surface area (Å²) in [5.41, 5.74) is 6.76. The Bertz CT molecular complexity index is 2510. The van der Waals surface area contributed by atoms with Crippen molar-refractivity contribution in [3.63, 3.8) is 0 Å². The molecule has 8 aromatic rings. The molecule has 1 unspecified atom stereocenters. The monoisotopic (exact) mass is 613 g/mol. The number of nitrogens with zero attached hydrogens (tertiary/aromatic N) is 3. The highest BCUT2D eigenvalue weighted by Crippen LogP contribution is 2.41. The van der Waals surface area contributed by atoms with E-state index in [1.807, 2.05) is 18.2 Å². The summed E-state index contributed by atoms with van der Waals surface area (Å²) in [6.45, 7) is 0. The number of benzene rings is 7. The molecule has 226 valence electrons. The molecule has 3 heteroatoms. The van der Waals surface area contributed by atoms with Crippen LogP contribution in [0.4, 0.5) is 0 Å². The summed E-state index contributed by atoms with van der Waals surface area (Å²) in [5, 5.41) is 7.52. The molecule has 9 rings (SSSR count). The van der Waals surface area contributed by atoms with Gasteiger partial charge in [-0.25, -0.2) is 15.0 Å². The maximum absolute atomic E-state index is 5.17. The molecule has 0 bridgehead atoms. The average molecular weight is 614 g/mol. The van der Waals surface area contributed by atoms with Crippen molar-refractivity contribution in [2.45, 2.75) is 12.3 Å². The first-order valence-electron chi connectivity index (χ1n) is 16.5. The zero-order valence-electron chi connectivity index (χ0n) is 26.3. The Labute approximate surface area is 279 Å². The lowest BCUT2D eigenvalue weighted by Gasteiger charge is -2.22. The van der Waals surface area contributed by atoms with Crippen LogP contribution < -0.4 is 0 Å². The van der Waals surface area contributed by atoms with E-state index in [-0.39, 0.29) is 5.92 Å². The van der Waals surface area contributed by atoms with E-state index in [9.17, 15) is 0 Å². The van der Waals surface area contributed by atoms with E-state index in [1.165, 1.54) is 54.6 Å². The second-order valence-corrected chi connectivity index (χ2v) is 12.3. The smallest absolute Gasteiger partial charge is 0.163 e. The molecule has 0 saturated carbocycles. The predicted molar refractivity (Wildman–Crippen MR) is 200 cm³/mol. The minimum atomic E-state index is 0.0257. The molecular weight excluding hydrogens is 583 g/mol. The molecular formula is C45H31N3. The molecule has 1 aliphatic carbocycles. The van der Waals surface area contributed by atoms with Gasteiger partial charge in [-0.15, -0.1) is 0 Å². The highest BCUT2D eigenvalue weighted by molar-refractivity contribution is 6.20. The highest BCUT2D eigenvalue weighted by Gasteiger charge is 2.24. The van der Waals surface area contributed by atoms with Crippen LogP contribution in [-0.2, 0) is 0 Å². The van der Waals surface area contributed by atoms with Crippen molar-refractivity contribution in [2.24, 2.45) is 0 Å². The van der Waals surface area contributed by atoms with Crippen LogP contribution in [0.5, 0.6) is 0 Å². The molecule has 1 aromatic heterocycles. The third-order valence-electron chi connectivity index (χ3n) is 9.46. The van der Waals surface area contributed by atoms with E-state index < -0.39 is 0 Å². The van der Waals surface area contributed by atoms with Gasteiger partial charge in [-0.3, -0.25) is 0 Å². The largest absolute Gasteiger partial charge is 0.212 e. The Morgan fingerprint density at radius 3 is 1.79 bits per heavy atom. The van der Waals surface area contributed by atoms with Gasteiger partial charge in [0.15, 0.2) is 11.6 Å². The third kappa shape index (κ3) is 4.97. The molecule has 1 atom stereocenters. The van der Waals surface area contributed by atoms with Crippen LogP contribution in [0.3, 0.4) is 0 Å². The normalized spacial score (nSPS) is 14.4. The van der Waals surface area contributed by atoms with E-state index in [0.29, 0.717) is 11.6 Å². The van der Waals surface area contributed by atoms with Crippen LogP contribution in [0.1, 0.15) is 23.7 Å². The van der Waals surface area contributed by atoms with Crippen molar-refractivity contribution in [1.82, 2.24) is 15.0 Å². The highest BCUT2D eigenvalue weighted by atomic mass is 15.0. The van der Waals surface area contributed by atoms with Gasteiger partial charge in [-0.05, 0) is 67.1 Å². The van der Waals surface area contributed by atoms with Crippen molar-refractivity contribution < 1.29 is 0 Å². The standard InChI is InChI=1S/C45H31N3/c1-3-13-30(14-4-1)36-19-11-12-22-40(36)45-47-43(33-16-5-2-6-17-33)46-44(48-45)34-25-23-32(24-26-34)42-38-21-10-8-18-35(38)29-41-37-20-9-7-15-31(37)27-28-39(41)42/h1-21,23-29,40H,22H2. The van der Waals surface area contributed by atoms with Crippen molar-refractivity contribution in [3.8, 4) is 33.9 Å². The maximum Gasteiger partial charge on any atom is 0.163 e. The number of fused-ring (bicyclic) bond motifs is 4. The minimum Gasteiger partial charge on any atom is -0.212 e. The van der Waals surface area contributed by atoms with E-state index >= 15 is 0 Å². The lowest BCUT2D eigenvalue weighted by molar-refractivity contribution is 0.779. The molecule has 0 spiro atoms. The molecule has 0 fully saturated rings. The summed E-state index contributed by atoms with van der Waals surface area (Å²) in [7, 11) is 0. The van der Waals surface area contributed by atoms with Gasteiger partial charge in [0.2, 0.25) is 0 Å². The summed E-state index contributed by atoms with van der Waals surface area (Å²) in [6.07, 6.45) is 7.37. The SMILES string of the molecule is C1=CCC(c2nc(-c3ccccc3)nc(-c3ccc(-c4c5ccccc5cc5c4ccc4ccccc45)cc3)n2)C(c2ccccc2)=C1. The second-order valence-electron chi connectivity index (χ2n) is 12.3. The summed E-state index contributed by atoms with van der Waals surface area (Å²) < 4.78 is 0. The Balaban J connectivity index is 1.19. The van der Waals surface area contributed by atoms with Gasteiger partial charge in [-0.2, -0.15) is 0 Å². The van der Waals surface area contributed by atoms with Crippen LogP contribution in [0, 0.1) is 0 Å². The fourth-order valence-corrected chi connectivity index (χ4v) is 7.11. The van der Waals surface area contributed by atoms with Crippen LogP contribution in [-0.4, -0.2) is 15.0 Å². The number of rotatable bonds is 5. The van der Waals surface area contributed by atoms with E-state index in [4.69, 9.17) is 15.0 Å². The van der Waals surface area contributed by atoms with Gasteiger partial charge in [0.25, 0.3) is 0 Å². The van der Waals surface area contributed by atoms with Crippen molar-refractivity contribution in [2.75, 3.05) is 0 Å². The molecule has 0 saturated heterocycles. The van der Waals surface area contributed by atoms with Gasteiger partial charge < -0.3 is 0 Å². The fraction of sp³-hybridized carbons (Fsp3) is 0.0444. The lowest BCUT2D eigenvalue weighted by Crippen LogP contribution is -2.11. The van der Waals surface area contributed by atoms with Crippen LogP contribution in [0.15, 0.2) is 170 Å². The molecule has 0 aliphatic heterocycles. The number of allylic oxidation sites excluding steroid dienone is 4. The summed E-state index contributed by atoms with van der Waals surface area (Å²) in [6, 6.07) is 53.7. The van der Waals surface area contributed by atoms with Gasteiger partial charge in [0.1, 0.15) is 5.82 Å². The van der Waals surface area contributed by atoms with Gasteiger partial charge >= 0.3 is 0 Å². The number of hydrogen-bond donors (Lipinski definition) is 0. The van der Waals surface area contributed by atoms with E-state index in [0.717, 1.165) is 23.4 Å². The first-order valence-corrected chi connectivity index (χ1v) is 16.5.